The largest absolute Gasteiger partial charge is 0.493 e. The Balaban J connectivity index is 2.35. The zero-order chi connectivity index (χ0) is 20.9. The molecular formula is C16H13F3N4O4S. The molecule has 0 spiro atoms. The van der Waals surface area contributed by atoms with E-state index in [4.69, 9.17) is 15.2 Å². The molecule has 0 saturated carbocycles. The summed E-state index contributed by atoms with van der Waals surface area (Å²) in [7, 11) is 1.33. The van der Waals surface area contributed by atoms with Crippen LogP contribution < -0.4 is 20.6 Å². The minimum absolute atomic E-state index is 0.0298. The highest BCUT2D eigenvalue weighted by molar-refractivity contribution is 7.80. The molecule has 0 bridgehead atoms. The number of hydrogen-bond donors (Lipinski definition) is 2. The van der Waals surface area contributed by atoms with Crippen LogP contribution in [0.25, 0.3) is 0 Å². The molecule has 0 atom stereocenters. The highest BCUT2D eigenvalue weighted by Crippen LogP contribution is 2.40. The van der Waals surface area contributed by atoms with Gasteiger partial charge in [0.2, 0.25) is 5.75 Å². The maximum atomic E-state index is 12.8. The third-order valence-electron chi connectivity index (χ3n) is 3.28. The number of benzene rings is 2. The molecule has 0 amide bonds. The van der Waals surface area contributed by atoms with Gasteiger partial charge < -0.3 is 15.2 Å². The lowest BCUT2D eigenvalue weighted by Gasteiger charge is -2.12. The van der Waals surface area contributed by atoms with Crippen molar-refractivity contribution in [2.45, 2.75) is 6.18 Å². The number of nitrogens with one attached hydrogen (secondary N) is 1. The number of nitro benzene ring substituents is 1. The van der Waals surface area contributed by atoms with E-state index in [2.05, 4.69) is 22.7 Å². The van der Waals surface area contributed by atoms with E-state index in [1.54, 1.807) is 6.07 Å². The highest BCUT2D eigenvalue weighted by atomic mass is 32.1. The first-order valence-electron chi connectivity index (χ1n) is 7.42. The summed E-state index contributed by atoms with van der Waals surface area (Å²) in [6.45, 7) is 0. The predicted octanol–water partition coefficient (Wildman–Crippen LogP) is 3.58. The number of methoxy groups -OCH3 is 1. The van der Waals surface area contributed by atoms with Gasteiger partial charge >= 0.3 is 11.9 Å². The molecule has 28 heavy (non-hydrogen) atoms. The first kappa shape index (κ1) is 20.9. The van der Waals surface area contributed by atoms with Gasteiger partial charge in [-0.15, -0.1) is 0 Å². The van der Waals surface area contributed by atoms with Crippen LogP contribution in [0.3, 0.4) is 0 Å². The quantitative estimate of drug-likeness (QED) is 0.322. The Morgan fingerprint density at radius 2 is 1.93 bits per heavy atom. The molecular weight excluding hydrogens is 401 g/mol. The van der Waals surface area contributed by atoms with Crippen molar-refractivity contribution in [3.05, 3.63) is 57.6 Å². The Hall–Kier alpha value is -3.41. The standard InChI is InChI=1S/C16H13F3N4O4S/c1-26-14-6-9(8-21-22-15(20)28)2-4-13(14)27-12-5-3-10(16(17,18)19)7-11(12)23(24)25/h2-8H,1H3,(H3,20,22,28)/b21-8-. The van der Waals surface area contributed by atoms with Crippen LogP contribution in [-0.2, 0) is 6.18 Å². The summed E-state index contributed by atoms with van der Waals surface area (Å²) in [5, 5.41) is 14.9. The molecule has 0 saturated heterocycles. The number of halogens is 3. The van der Waals surface area contributed by atoms with Gasteiger partial charge in [-0.1, -0.05) is 0 Å². The molecule has 148 valence electrons. The number of nitrogens with two attached hydrogens (primary N) is 1. The lowest BCUT2D eigenvalue weighted by Crippen LogP contribution is -2.23. The molecule has 0 aliphatic rings. The molecule has 12 heteroatoms. The summed E-state index contributed by atoms with van der Waals surface area (Å²) in [6.07, 6.45) is -3.34. The summed E-state index contributed by atoms with van der Waals surface area (Å²) < 4.78 is 48.9. The monoisotopic (exact) mass is 414 g/mol. The third kappa shape index (κ3) is 5.30. The zero-order valence-electron chi connectivity index (χ0n) is 14.2. The number of nitro groups is 1. The van der Waals surface area contributed by atoms with Gasteiger partial charge in [-0.05, 0) is 48.1 Å². The molecule has 0 radical (unpaired) electrons. The molecule has 0 heterocycles. The summed E-state index contributed by atoms with van der Waals surface area (Å²) >= 11 is 4.60. The van der Waals surface area contributed by atoms with Gasteiger partial charge in [-0.3, -0.25) is 15.5 Å². The fourth-order valence-corrected chi connectivity index (χ4v) is 2.11. The summed E-state index contributed by atoms with van der Waals surface area (Å²) in [4.78, 5) is 10.2. The van der Waals surface area contributed by atoms with E-state index in [0.29, 0.717) is 17.7 Å². The van der Waals surface area contributed by atoms with Crippen LogP contribution in [0.2, 0.25) is 0 Å². The second-order valence-electron chi connectivity index (χ2n) is 5.18. The van der Waals surface area contributed by atoms with Crippen molar-refractivity contribution >= 4 is 29.2 Å². The van der Waals surface area contributed by atoms with Gasteiger partial charge in [-0.2, -0.15) is 18.3 Å². The molecule has 2 aromatic carbocycles. The normalized spacial score (nSPS) is 11.3. The van der Waals surface area contributed by atoms with Gasteiger partial charge in [0.15, 0.2) is 16.6 Å². The molecule has 0 unspecified atom stereocenters. The second-order valence-corrected chi connectivity index (χ2v) is 5.62. The Morgan fingerprint density at radius 1 is 1.25 bits per heavy atom. The maximum absolute atomic E-state index is 12.8. The van der Waals surface area contributed by atoms with Gasteiger partial charge in [0.25, 0.3) is 0 Å². The van der Waals surface area contributed by atoms with Gasteiger partial charge in [0.1, 0.15) is 0 Å². The molecule has 0 aliphatic heterocycles. The molecule has 8 nitrogen and oxygen atoms in total. The van der Waals surface area contributed by atoms with Crippen LogP contribution in [0.1, 0.15) is 11.1 Å². The molecule has 2 aromatic rings. The van der Waals surface area contributed by atoms with Crippen molar-refractivity contribution < 1.29 is 27.6 Å². The lowest BCUT2D eigenvalue weighted by atomic mass is 10.1. The molecule has 0 aromatic heterocycles. The molecule has 3 N–H and O–H groups in total. The van der Waals surface area contributed by atoms with Crippen molar-refractivity contribution in [3.8, 4) is 17.2 Å². The van der Waals surface area contributed by atoms with Crippen LogP contribution in [0, 0.1) is 10.1 Å². The number of ether oxygens (including phenoxy) is 2. The number of alkyl halides is 3. The fraction of sp³-hybridized carbons (Fsp3) is 0.125. The van der Waals surface area contributed by atoms with Crippen LogP contribution >= 0.6 is 12.2 Å². The van der Waals surface area contributed by atoms with E-state index >= 15 is 0 Å². The SMILES string of the molecule is COc1cc(/C=N\NC(N)=S)ccc1Oc1ccc(C(F)(F)F)cc1[N+](=O)[O-]. The fourth-order valence-electron chi connectivity index (χ4n) is 2.06. The number of hydrazone groups is 1. The highest BCUT2D eigenvalue weighted by Gasteiger charge is 2.33. The number of hydrogen-bond acceptors (Lipinski definition) is 6. The smallest absolute Gasteiger partial charge is 0.416 e. The Labute approximate surface area is 161 Å². The summed E-state index contributed by atoms with van der Waals surface area (Å²) in [5.41, 5.74) is 6.16. The number of thiocarbonyl (C=S) groups is 1. The average Bonchev–Trinajstić information content (AvgIpc) is 2.61. The molecule has 2 rings (SSSR count). The van der Waals surface area contributed by atoms with Gasteiger partial charge in [0.05, 0.1) is 23.8 Å². The minimum Gasteiger partial charge on any atom is -0.493 e. The van der Waals surface area contributed by atoms with E-state index in [1.807, 2.05) is 0 Å². The van der Waals surface area contributed by atoms with Crippen LogP contribution in [0.4, 0.5) is 18.9 Å². The van der Waals surface area contributed by atoms with Crippen molar-refractivity contribution in [1.82, 2.24) is 5.43 Å². The topological polar surface area (TPSA) is 112 Å². The summed E-state index contributed by atoms with van der Waals surface area (Å²) in [5.74, 6) is -0.133. The van der Waals surface area contributed by atoms with Gasteiger partial charge in [-0.25, -0.2) is 0 Å². The van der Waals surface area contributed by atoms with Crippen molar-refractivity contribution in [3.63, 3.8) is 0 Å². The lowest BCUT2D eigenvalue weighted by molar-refractivity contribution is -0.385. The van der Waals surface area contributed by atoms with Crippen molar-refractivity contribution in [2.24, 2.45) is 10.8 Å². The van der Waals surface area contributed by atoms with Crippen LogP contribution in [0.15, 0.2) is 41.5 Å². The van der Waals surface area contributed by atoms with Crippen molar-refractivity contribution in [2.75, 3.05) is 7.11 Å². The van der Waals surface area contributed by atoms with E-state index < -0.39 is 22.4 Å². The Morgan fingerprint density at radius 3 is 2.50 bits per heavy atom. The van der Waals surface area contributed by atoms with Crippen LogP contribution in [-0.4, -0.2) is 23.4 Å². The first-order chi connectivity index (χ1) is 13.1. The molecule has 0 aliphatic carbocycles. The molecule has 0 fully saturated rings. The maximum Gasteiger partial charge on any atom is 0.416 e. The van der Waals surface area contributed by atoms with E-state index in [-0.39, 0.29) is 22.4 Å². The number of nitrogens with zero attached hydrogens (tertiary/aromatic N) is 2. The Bertz CT molecular complexity index is 935. The van der Waals surface area contributed by atoms with E-state index in [1.165, 1.54) is 25.5 Å². The second kappa shape index (κ2) is 8.52. The minimum atomic E-state index is -4.72. The predicted molar refractivity (Wildman–Crippen MR) is 98.7 cm³/mol. The Kier molecular flexibility index (Phi) is 6.36. The number of rotatable bonds is 6. The van der Waals surface area contributed by atoms with Crippen LogP contribution in [0.5, 0.6) is 17.2 Å². The average molecular weight is 414 g/mol. The zero-order valence-corrected chi connectivity index (χ0v) is 15.0. The van der Waals surface area contributed by atoms with Gasteiger partial charge in [0, 0.05) is 6.07 Å². The van der Waals surface area contributed by atoms with Crippen molar-refractivity contribution in [1.29, 1.82) is 0 Å². The van der Waals surface area contributed by atoms with E-state index in [9.17, 15) is 23.3 Å². The van der Waals surface area contributed by atoms with E-state index in [0.717, 1.165) is 6.07 Å². The third-order valence-corrected chi connectivity index (χ3v) is 3.37. The first-order valence-corrected chi connectivity index (χ1v) is 7.82. The summed E-state index contributed by atoms with van der Waals surface area (Å²) in [6, 6.07) is 6.43.